The van der Waals surface area contributed by atoms with Crippen LogP contribution in [0.25, 0.3) is 5.52 Å². The predicted octanol–water partition coefficient (Wildman–Crippen LogP) is 4.54. The SMILES string of the molecule is CCCCS(=O)(=O)c1c(S(=O)(=O)CCC)c(C(=O)c2ccccc2)n2cc(C)cc(C)c12. The zero-order chi connectivity index (χ0) is 23.7. The van der Waals surface area contributed by atoms with Gasteiger partial charge in [0, 0.05) is 11.8 Å². The van der Waals surface area contributed by atoms with Crippen LogP contribution in [0.3, 0.4) is 0 Å². The van der Waals surface area contributed by atoms with Crippen LogP contribution in [0.15, 0.2) is 52.4 Å². The molecule has 0 aliphatic heterocycles. The predicted molar refractivity (Wildman–Crippen MR) is 126 cm³/mol. The van der Waals surface area contributed by atoms with Crippen molar-refractivity contribution in [3.63, 3.8) is 0 Å². The average Bonchev–Trinajstić information content (AvgIpc) is 3.09. The maximum atomic E-state index is 13.6. The van der Waals surface area contributed by atoms with Crippen LogP contribution < -0.4 is 0 Å². The number of ketones is 1. The van der Waals surface area contributed by atoms with E-state index >= 15 is 0 Å². The maximum Gasteiger partial charge on any atom is 0.211 e. The van der Waals surface area contributed by atoms with Gasteiger partial charge in [-0.15, -0.1) is 0 Å². The van der Waals surface area contributed by atoms with Crippen molar-refractivity contribution in [2.75, 3.05) is 11.5 Å². The number of carbonyl (C=O) groups excluding carboxylic acids is 1. The summed E-state index contributed by atoms with van der Waals surface area (Å²) in [5.41, 5.74) is 1.86. The summed E-state index contributed by atoms with van der Waals surface area (Å²) in [6.07, 6.45) is 3.00. The van der Waals surface area contributed by atoms with Gasteiger partial charge in [-0.1, -0.05) is 56.7 Å². The van der Waals surface area contributed by atoms with Gasteiger partial charge in [-0.05, 0) is 37.8 Å². The van der Waals surface area contributed by atoms with E-state index in [2.05, 4.69) is 0 Å². The Morgan fingerprint density at radius 2 is 1.50 bits per heavy atom. The summed E-state index contributed by atoms with van der Waals surface area (Å²) in [5, 5.41) is 0. The van der Waals surface area contributed by atoms with Crippen molar-refractivity contribution >= 4 is 31.0 Å². The molecule has 32 heavy (non-hydrogen) atoms. The number of carbonyl (C=O) groups is 1. The first-order chi connectivity index (χ1) is 15.0. The molecular weight excluding hydrogens is 446 g/mol. The molecule has 0 spiro atoms. The summed E-state index contributed by atoms with van der Waals surface area (Å²) in [5.74, 6) is -0.936. The number of pyridine rings is 1. The van der Waals surface area contributed by atoms with Gasteiger partial charge in [0.05, 0.1) is 17.0 Å². The van der Waals surface area contributed by atoms with Crippen LogP contribution in [0.1, 0.15) is 60.3 Å². The van der Waals surface area contributed by atoms with Crippen LogP contribution in [0.2, 0.25) is 0 Å². The zero-order valence-corrected chi connectivity index (χ0v) is 20.5. The van der Waals surface area contributed by atoms with Gasteiger partial charge >= 0.3 is 0 Å². The number of rotatable bonds is 9. The van der Waals surface area contributed by atoms with Crippen molar-refractivity contribution in [2.45, 2.75) is 56.7 Å². The zero-order valence-electron chi connectivity index (χ0n) is 18.9. The minimum Gasteiger partial charge on any atom is -0.311 e. The van der Waals surface area contributed by atoms with E-state index in [-0.39, 0.29) is 32.5 Å². The first-order valence-corrected chi connectivity index (χ1v) is 14.1. The largest absolute Gasteiger partial charge is 0.311 e. The van der Waals surface area contributed by atoms with Gasteiger partial charge in [-0.25, -0.2) is 16.8 Å². The molecule has 0 aliphatic carbocycles. The fourth-order valence-electron chi connectivity index (χ4n) is 4.02. The van der Waals surface area contributed by atoms with Crippen LogP contribution in [-0.2, 0) is 19.7 Å². The van der Waals surface area contributed by atoms with Crippen molar-refractivity contribution in [2.24, 2.45) is 0 Å². The Balaban J connectivity index is 2.56. The molecule has 0 saturated carbocycles. The number of sulfone groups is 2. The van der Waals surface area contributed by atoms with E-state index in [0.717, 1.165) is 5.56 Å². The standard InChI is InChI=1S/C24H29NO5S2/c1-5-7-14-32(29,30)23-20-18(4)15-17(3)16-25(20)21(24(23)31(27,28)13-6-2)22(26)19-11-9-8-10-12-19/h8-12,15-16H,5-7,13-14H2,1-4H3. The van der Waals surface area contributed by atoms with E-state index < -0.39 is 25.5 Å². The monoisotopic (exact) mass is 475 g/mol. The van der Waals surface area contributed by atoms with Crippen molar-refractivity contribution in [3.8, 4) is 0 Å². The highest BCUT2D eigenvalue weighted by atomic mass is 32.2. The molecule has 3 aromatic rings. The van der Waals surface area contributed by atoms with Crippen LogP contribution in [-0.4, -0.2) is 38.5 Å². The normalized spacial score (nSPS) is 12.4. The Labute approximate surface area is 190 Å². The third kappa shape index (κ3) is 4.38. The van der Waals surface area contributed by atoms with Crippen LogP contribution in [0.5, 0.6) is 0 Å². The van der Waals surface area contributed by atoms with Crippen molar-refractivity contribution in [3.05, 3.63) is 65.0 Å². The van der Waals surface area contributed by atoms with E-state index in [1.807, 2.05) is 13.8 Å². The molecule has 6 nitrogen and oxygen atoms in total. The van der Waals surface area contributed by atoms with Gasteiger partial charge in [-0.2, -0.15) is 0 Å². The fraction of sp³-hybridized carbons (Fsp3) is 0.375. The molecule has 0 radical (unpaired) electrons. The molecular formula is C24H29NO5S2. The number of nitrogens with zero attached hydrogens (tertiary/aromatic N) is 1. The lowest BCUT2D eigenvalue weighted by atomic mass is 10.1. The van der Waals surface area contributed by atoms with Gasteiger partial charge in [0.1, 0.15) is 15.5 Å². The number of aryl methyl sites for hydroxylation is 2. The summed E-state index contributed by atoms with van der Waals surface area (Å²) in [4.78, 5) is 13.0. The van der Waals surface area contributed by atoms with Crippen molar-refractivity contribution in [1.29, 1.82) is 0 Å². The fourth-order valence-corrected chi connectivity index (χ4v) is 8.19. The molecule has 0 bridgehead atoms. The molecule has 0 saturated heterocycles. The number of hydrogen-bond acceptors (Lipinski definition) is 5. The molecule has 2 aromatic heterocycles. The molecule has 3 rings (SSSR count). The minimum atomic E-state index is -4.05. The number of benzene rings is 1. The highest BCUT2D eigenvalue weighted by Crippen LogP contribution is 2.37. The Kier molecular flexibility index (Phi) is 6.95. The molecule has 172 valence electrons. The Bertz CT molecular complexity index is 1370. The highest BCUT2D eigenvalue weighted by Gasteiger charge is 2.37. The van der Waals surface area contributed by atoms with Crippen LogP contribution in [0.4, 0.5) is 0 Å². The second-order valence-electron chi connectivity index (χ2n) is 8.11. The number of unbranched alkanes of at least 4 members (excludes halogenated alkanes) is 1. The Hall–Kier alpha value is -2.45. The van der Waals surface area contributed by atoms with Gasteiger partial charge < -0.3 is 4.40 Å². The topological polar surface area (TPSA) is 89.8 Å². The summed E-state index contributed by atoms with van der Waals surface area (Å²) >= 11 is 0. The molecule has 0 fully saturated rings. The van der Waals surface area contributed by atoms with Crippen LogP contribution in [0, 0.1) is 13.8 Å². The smallest absolute Gasteiger partial charge is 0.211 e. The summed E-state index contributed by atoms with van der Waals surface area (Å²) in [6, 6.07) is 10.2. The summed E-state index contributed by atoms with van der Waals surface area (Å²) < 4.78 is 55.4. The lowest BCUT2D eigenvalue weighted by Gasteiger charge is -2.09. The number of fused-ring (bicyclic) bond motifs is 1. The maximum absolute atomic E-state index is 13.6. The van der Waals surface area contributed by atoms with E-state index in [9.17, 15) is 21.6 Å². The van der Waals surface area contributed by atoms with E-state index in [4.69, 9.17) is 0 Å². The van der Waals surface area contributed by atoms with E-state index in [1.165, 1.54) is 4.40 Å². The lowest BCUT2D eigenvalue weighted by molar-refractivity contribution is 0.103. The van der Waals surface area contributed by atoms with Gasteiger partial charge in [0.25, 0.3) is 0 Å². The second kappa shape index (κ2) is 9.19. The Morgan fingerprint density at radius 1 is 0.875 bits per heavy atom. The molecule has 0 aliphatic rings. The van der Waals surface area contributed by atoms with E-state index in [1.54, 1.807) is 56.4 Å². The van der Waals surface area contributed by atoms with E-state index in [0.29, 0.717) is 30.4 Å². The summed E-state index contributed by atoms with van der Waals surface area (Å²) in [6.45, 7) is 7.16. The first kappa shape index (κ1) is 24.2. The van der Waals surface area contributed by atoms with Gasteiger partial charge in [0.2, 0.25) is 5.78 Å². The van der Waals surface area contributed by atoms with Crippen LogP contribution >= 0.6 is 0 Å². The molecule has 0 unspecified atom stereocenters. The van der Waals surface area contributed by atoms with Crippen molar-refractivity contribution in [1.82, 2.24) is 4.40 Å². The molecule has 1 aromatic carbocycles. The van der Waals surface area contributed by atoms with Gasteiger partial charge in [0.15, 0.2) is 19.7 Å². The Morgan fingerprint density at radius 3 is 2.09 bits per heavy atom. The average molecular weight is 476 g/mol. The molecule has 8 heteroatoms. The van der Waals surface area contributed by atoms with Crippen molar-refractivity contribution < 1.29 is 21.6 Å². The highest BCUT2D eigenvalue weighted by molar-refractivity contribution is 7.94. The molecule has 0 N–H and O–H groups in total. The number of aromatic nitrogens is 1. The number of hydrogen-bond donors (Lipinski definition) is 0. The molecule has 0 atom stereocenters. The minimum absolute atomic E-state index is 0.110. The molecule has 0 amide bonds. The second-order valence-corrected chi connectivity index (χ2v) is 12.2. The first-order valence-electron chi connectivity index (χ1n) is 10.8. The molecule has 2 heterocycles. The van der Waals surface area contributed by atoms with Gasteiger partial charge in [-0.3, -0.25) is 4.79 Å². The third-order valence-electron chi connectivity index (χ3n) is 5.38. The quantitative estimate of drug-likeness (QED) is 0.424. The third-order valence-corrected chi connectivity index (χ3v) is 9.32. The summed E-state index contributed by atoms with van der Waals surface area (Å²) in [7, 11) is -8.01. The lowest BCUT2D eigenvalue weighted by Crippen LogP contribution is -2.17.